The first-order chi connectivity index (χ1) is 12.1. The molecule has 128 valence electrons. The zero-order chi connectivity index (χ0) is 17.4. The molecule has 0 atom stereocenters. The van der Waals surface area contributed by atoms with Crippen molar-refractivity contribution in [1.82, 2.24) is 14.3 Å². The Bertz CT molecular complexity index is 917. The number of benzene rings is 1. The molecule has 3 heterocycles. The first-order valence-corrected chi connectivity index (χ1v) is 9.00. The molecule has 0 aliphatic carbocycles. The minimum absolute atomic E-state index is 0.609. The SMILES string of the molecule is CC1(C(=O)O)CCN(c2ncnc3c(-c4ccccc4)nsc23)CC1. The van der Waals surface area contributed by atoms with E-state index in [0.29, 0.717) is 25.9 Å². The van der Waals surface area contributed by atoms with Crippen molar-refractivity contribution in [1.29, 1.82) is 0 Å². The number of carbonyl (C=O) groups is 1. The van der Waals surface area contributed by atoms with E-state index in [9.17, 15) is 9.90 Å². The zero-order valence-corrected chi connectivity index (χ0v) is 14.7. The van der Waals surface area contributed by atoms with Crippen molar-refractivity contribution in [2.75, 3.05) is 18.0 Å². The highest BCUT2D eigenvalue weighted by atomic mass is 32.1. The summed E-state index contributed by atoms with van der Waals surface area (Å²) in [6.07, 6.45) is 2.79. The number of nitrogens with zero attached hydrogens (tertiary/aromatic N) is 4. The van der Waals surface area contributed by atoms with Gasteiger partial charge in [0.05, 0.1) is 5.41 Å². The lowest BCUT2D eigenvalue weighted by molar-refractivity contribution is -0.149. The van der Waals surface area contributed by atoms with E-state index >= 15 is 0 Å². The monoisotopic (exact) mass is 354 g/mol. The highest BCUT2D eigenvalue weighted by Gasteiger charge is 2.37. The van der Waals surface area contributed by atoms with E-state index in [1.54, 1.807) is 6.33 Å². The van der Waals surface area contributed by atoms with Crippen LogP contribution in [-0.2, 0) is 4.79 Å². The first kappa shape index (κ1) is 16.0. The summed E-state index contributed by atoms with van der Waals surface area (Å²) in [5.74, 6) is 0.140. The number of fused-ring (bicyclic) bond motifs is 1. The molecule has 0 bridgehead atoms. The minimum Gasteiger partial charge on any atom is -0.481 e. The van der Waals surface area contributed by atoms with Crippen molar-refractivity contribution in [2.45, 2.75) is 19.8 Å². The summed E-state index contributed by atoms with van der Waals surface area (Å²) in [4.78, 5) is 22.5. The second kappa shape index (κ2) is 6.07. The molecule has 0 spiro atoms. The Morgan fingerprint density at radius 3 is 2.60 bits per heavy atom. The Morgan fingerprint density at radius 2 is 1.92 bits per heavy atom. The molecule has 1 saturated heterocycles. The van der Waals surface area contributed by atoms with Crippen LogP contribution in [-0.4, -0.2) is 38.5 Å². The fourth-order valence-corrected chi connectivity index (χ4v) is 4.06. The van der Waals surface area contributed by atoms with Crippen LogP contribution in [0.25, 0.3) is 21.5 Å². The van der Waals surface area contributed by atoms with Gasteiger partial charge < -0.3 is 10.0 Å². The van der Waals surface area contributed by atoms with Gasteiger partial charge >= 0.3 is 5.97 Å². The summed E-state index contributed by atoms with van der Waals surface area (Å²) in [5.41, 5.74) is 2.12. The molecule has 3 aromatic rings. The third-order valence-corrected chi connectivity index (χ3v) is 5.80. The minimum atomic E-state index is -0.718. The van der Waals surface area contributed by atoms with E-state index in [1.165, 1.54) is 11.5 Å². The van der Waals surface area contributed by atoms with Crippen LogP contribution >= 0.6 is 11.5 Å². The number of anilines is 1. The Balaban J connectivity index is 1.68. The maximum atomic E-state index is 11.4. The van der Waals surface area contributed by atoms with Gasteiger partial charge in [-0.25, -0.2) is 9.97 Å². The molecular weight excluding hydrogens is 336 g/mol. The number of aliphatic carboxylic acids is 1. The van der Waals surface area contributed by atoms with Gasteiger partial charge in [0.1, 0.15) is 22.2 Å². The average Bonchev–Trinajstić information content (AvgIpc) is 3.07. The van der Waals surface area contributed by atoms with E-state index < -0.39 is 11.4 Å². The van der Waals surface area contributed by atoms with Gasteiger partial charge in [0, 0.05) is 18.7 Å². The molecule has 1 aromatic carbocycles. The number of hydrogen-bond acceptors (Lipinski definition) is 6. The fourth-order valence-electron chi connectivity index (χ4n) is 3.19. The summed E-state index contributed by atoms with van der Waals surface area (Å²) >= 11 is 1.40. The average molecular weight is 354 g/mol. The van der Waals surface area contributed by atoms with Crippen molar-refractivity contribution < 1.29 is 9.90 Å². The molecule has 6 nitrogen and oxygen atoms in total. The molecule has 0 unspecified atom stereocenters. The lowest BCUT2D eigenvalue weighted by atomic mass is 9.80. The van der Waals surface area contributed by atoms with Crippen LogP contribution in [0.3, 0.4) is 0 Å². The molecule has 4 rings (SSSR count). The standard InChI is InChI=1S/C18H18N4O2S/c1-18(17(23)24)7-9-22(10-8-18)16-15-14(19-11-20-16)13(21-25-15)12-5-3-2-4-6-12/h2-6,11H,7-10H2,1H3,(H,23,24). The van der Waals surface area contributed by atoms with Crippen LogP contribution < -0.4 is 4.90 Å². The number of hydrogen-bond donors (Lipinski definition) is 1. The third kappa shape index (κ3) is 2.74. The predicted molar refractivity (Wildman–Crippen MR) is 97.8 cm³/mol. The molecule has 7 heteroatoms. The van der Waals surface area contributed by atoms with Crippen LogP contribution in [0.5, 0.6) is 0 Å². The van der Waals surface area contributed by atoms with Gasteiger partial charge in [-0.2, -0.15) is 4.37 Å². The third-order valence-electron chi connectivity index (χ3n) is 4.97. The van der Waals surface area contributed by atoms with Gasteiger partial charge in [-0.3, -0.25) is 4.79 Å². The van der Waals surface area contributed by atoms with Gasteiger partial charge in [-0.1, -0.05) is 30.3 Å². The van der Waals surface area contributed by atoms with E-state index in [2.05, 4.69) is 19.2 Å². The normalized spacial score (nSPS) is 16.9. The molecule has 0 saturated carbocycles. The van der Waals surface area contributed by atoms with Gasteiger partial charge in [-0.05, 0) is 31.3 Å². The van der Waals surface area contributed by atoms with Crippen LogP contribution in [0.2, 0.25) is 0 Å². The molecule has 25 heavy (non-hydrogen) atoms. The molecule has 0 radical (unpaired) electrons. The number of carboxylic acids is 1. The predicted octanol–water partition coefficient (Wildman–Crippen LogP) is 3.44. The molecule has 2 aromatic heterocycles. The number of rotatable bonds is 3. The summed E-state index contributed by atoms with van der Waals surface area (Å²) < 4.78 is 5.55. The largest absolute Gasteiger partial charge is 0.481 e. The Morgan fingerprint density at radius 1 is 1.20 bits per heavy atom. The second-order valence-electron chi connectivity index (χ2n) is 6.63. The summed E-state index contributed by atoms with van der Waals surface area (Å²) in [7, 11) is 0. The molecule has 0 amide bonds. The molecule has 1 aliphatic rings. The maximum absolute atomic E-state index is 11.4. The number of aromatic nitrogens is 3. The van der Waals surface area contributed by atoms with E-state index in [0.717, 1.165) is 27.3 Å². The van der Waals surface area contributed by atoms with Gasteiger partial charge in [0.2, 0.25) is 0 Å². The van der Waals surface area contributed by atoms with Crippen molar-refractivity contribution in [3.8, 4) is 11.3 Å². The van der Waals surface area contributed by atoms with Crippen molar-refractivity contribution in [3.63, 3.8) is 0 Å². The molecule has 1 N–H and O–H groups in total. The summed E-state index contributed by atoms with van der Waals surface area (Å²) in [6, 6.07) is 10.00. The van der Waals surface area contributed by atoms with Crippen LogP contribution in [0.15, 0.2) is 36.7 Å². The van der Waals surface area contributed by atoms with E-state index in [4.69, 9.17) is 0 Å². The topological polar surface area (TPSA) is 79.2 Å². The van der Waals surface area contributed by atoms with Gasteiger partial charge in [-0.15, -0.1) is 0 Å². The van der Waals surface area contributed by atoms with Crippen molar-refractivity contribution in [3.05, 3.63) is 36.7 Å². The second-order valence-corrected chi connectivity index (χ2v) is 7.40. The first-order valence-electron chi connectivity index (χ1n) is 8.23. The van der Waals surface area contributed by atoms with Crippen molar-refractivity contribution in [2.24, 2.45) is 5.41 Å². The number of carboxylic acid groups (broad SMARTS) is 1. The lowest BCUT2D eigenvalue weighted by Crippen LogP contribution is -2.43. The molecule has 1 fully saturated rings. The quantitative estimate of drug-likeness (QED) is 0.776. The highest BCUT2D eigenvalue weighted by molar-refractivity contribution is 7.14. The van der Waals surface area contributed by atoms with Gasteiger partial charge in [0.25, 0.3) is 0 Å². The number of piperidine rings is 1. The maximum Gasteiger partial charge on any atom is 0.309 e. The Hall–Kier alpha value is -2.54. The Kier molecular flexibility index (Phi) is 3.88. The summed E-state index contributed by atoms with van der Waals surface area (Å²) in [5, 5.41) is 9.40. The lowest BCUT2D eigenvalue weighted by Gasteiger charge is -2.37. The summed E-state index contributed by atoms with van der Waals surface area (Å²) in [6.45, 7) is 3.17. The molecule has 1 aliphatic heterocycles. The van der Waals surface area contributed by atoms with E-state index in [-0.39, 0.29) is 0 Å². The van der Waals surface area contributed by atoms with Crippen molar-refractivity contribution >= 4 is 33.5 Å². The Labute approximate surface area is 149 Å². The van der Waals surface area contributed by atoms with Crippen LogP contribution in [0.4, 0.5) is 5.82 Å². The fraction of sp³-hybridized carbons (Fsp3) is 0.333. The molecular formula is C18H18N4O2S. The van der Waals surface area contributed by atoms with Gasteiger partial charge in [0.15, 0.2) is 5.82 Å². The van der Waals surface area contributed by atoms with Crippen LogP contribution in [0.1, 0.15) is 19.8 Å². The highest BCUT2D eigenvalue weighted by Crippen LogP contribution is 2.37. The smallest absolute Gasteiger partial charge is 0.309 e. The zero-order valence-electron chi connectivity index (χ0n) is 13.8. The van der Waals surface area contributed by atoms with Crippen LogP contribution in [0, 0.1) is 5.41 Å². The van der Waals surface area contributed by atoms with E-state index in [1.807, 2.05) is 37.3 Å².